The van der Waals surface area contributed by atoms with Crippen molar-refractivity contribution in [2.24, 2.45) is 0 Å². The van der Waals surface area contributed by atoms with Crippen molar-refractivity contribution in [1.82, 2.24) is 4.98 Å². The summed E-state index contributed by atoms with van der Waals surface area (Å²) in [5.41, 5.74) is 0.282. The molecular weight excluding hydrogens is 293 g/mol. The number of hydrogen-bond donors (Lipinski definition) is 0. The zero-order valence-electron chi connectivity index (χ0n) is 10.8. The monoisotopic (exact) mass is 303 g/mol. The van der Waals surface area contributed by atoms with Crippen molar-refractivity contribution < 1.29 is 26.7 Å². The topological polar surface area (TPSA) is 22.1 Å². The maximum Gasteiger partial charge on any atom is 0.387 e. The highest BCUT2D eigenvalue weighted by Gasteiger charge is 2.25. The second kappa shape index (κ2) is 5.67. The van der Waals surface area contributed by atoms with Crippen molar-refractivity contribution in [2.75, 3.05) is 0 Å². The summed E-state index contributed by atoms with van der Waals surface area (Å²) >= 11 is 0. The Kier molecular flexibility index (Phi) is 4.11. The van der Waals surface area contributed by atoms with Crippen molar-refractivity contribution in [3.05, 3.63) is 48.0 Å². The first-order valence-electron chi connectivity index (χ1n) is 5.86. The molecule has 0 radical (unpaired) electrons. The molecule has 1 heterocycles. The van der Waals surface area contributed by atoms with Crippen LogP contribution in [0.15, 0.2) is 36.5 Å². The molecule has 0 atom stereocenters. The van der Waals surface area contributed by atoms with E-state index in [1.54, 1.807) is 0 Å². The van der Waals surface area contributed by atoms with Crippen LogP contribution in [-0.2, 0) is 5.92 Å². The van der Waals surface area contributed by atoms with E-state index in [-0.39, 0.29) is 0 Å². The molecule has 0 amide bonds. The van der Waals surface area contributed by atoms with Crippen LogP contribution in [0.1, 0.15) is 12.6 Å². The van der Waals surface area contributed by atoms with Gasteiger partial charge in [-0.1, -0.05) is 12.1 Å². The molecule has 2 rings (SSSR count). The lowest BCUT2D eigenvalue weighted by Crippen LogP contribution is -2.09. The van der Waals surface area contributed by atoms with Crippen LogP contribution >= 0.6 is 0 Å². The van der Waals surface area contributed by atoms with E-state index in [0.717, 1.165) is 24.4 Å². The largest absolute Gasteiger partial charge is 0.432 e. The van der Waals surface area contributed by atoms with Crippen LogP contribution in [-0.4, -0.2) is 11.6 Å². The van der Waals surface area contributed by atoms with Gasteiger partial charge in [0.2, 0.25) is 0 Å². The zero-order valence-corrected chi connectivity index (χ0v) is 10.8. The van der Waals surface area contributed by atoms with Crippen molar-refractivity contribution >= 4 is 0 Å². The Hall–Kier alpha value is -2.18. The third kappa shape index (κ3) is 3.68. The lowest BCUT2D eigenvalue weighted by atomic mass is 10.1. The molecular formula is C14H10F5NO. The van der Waals surface area contributed by atoms with Crippen LogP contribution in [0.3, 0.4) is 0 Å². The fourth-order valence-electron chi connectivity index (χ4n) is 1.69. The van der Waals surface area contributed by atoms with Gasteiger partial charge in [-0.15, -0.1) is 0 Å². The normalized spacial score (nSPS) is 11.8. The molecule has 0 aliphatic rings. The Morgan fingerprint density at radius 3 is 2.29 bits per heavy atom. The van der Waals surface area contributed by atoms with Gasteiger partial charge in [0.15, 0.2) is 11.6 Å². The van der Waals surface area contributed by atoms with Crippen LogP contribution in [0.5, 0.6) is 5.75 Å². The summed E-state index contributed by atoms with van der Waals surface area (Å²) in [6.45, 7) is -2.45. The van der Waals surface area contributed by atoms with Crippen molar-refractivity contribution in [3.8, 4) is 16.9 Å². The Morgan fingerprint density at radius 1 is 1.10 bits per heavy atom. The number of pyridine rings is 1. The summed E-state index contributed by atoms with van der Waals surface area (Å²) in [6.07, 6.45) is 1.16. The molecule has 0 saturated carbocycles. The summed E-state index contributed by atoms with van der Waals surface area (Å²) < 4.78 is 67.7. The third-order valence-electron chi connectivity index (χ3n) is 2.69. The van der Waals surface area contributed by atoms with Crippen LogP contribution < -0.4 is 4.74 Å². The predicted octanol–water partition coefficient (Wildman–Crippen LogP) is 4.60. The summed E-state index contributed by atoms with van der Waals surface area (Å²) in [5, 5.41) is 0. The molecule has 0 unspecified atom stereocenters. The van der Waals surface area contributed by atoms with Crippen LogP contribution in [0, 0.1) is 5.82 Å². The second-order valence-electron chi connectivity index (χ2n) is 4.34. The Labute approximate surface area is 117 Å². The highest BCUT2D eigenvalue weighted by Crippen LogP contribution is 2.29. The Morgan fingerprint density at radius 2 is 1.76 bits per heavy atom. The maximum absolute atomic E-state index is 13.3. The minimum Gasteiger partial charge on any atom is -0.432 e. The molecule has 0 fully saturated rings. The number of ether oxygens (including phenoxy) is 1. The minimum atomic E-state index is -3.16. The Bertz CT molecular complexity index is 622. The van der Waals surface area contributed by atoms with E-state index in [1.165, 1.54) is 12.1 Å². The van der Waals surface area contributed by atoms with E-state index in [4.69, 9.17) is 0 Å². The van der Waals surface area contributed by atoms with Crippen LogP contribution in [0.2, 0.25) is 0 Å². The van der Waals surface area contributed by atoms with Gasteiger partial charge in [-0.05, 0) is 23.8 Å². The van der Waals surface area contributed by atoms with E-state index >= 15 is 0 Å². The molecule has 2 aromatic rings. The third-order valence-corrected chi connectivity index (χ3v) is 2.69. The summed E-state index contributed by atoms with van der Waals surface area (Å²) in [4.78, 5) is 3.61. The lowest BCUT2D eigenvalue weighted by molar-refractivity contribution is -0.0521. The fourth-order valence-corrected chi connectivity index (χ4v) is 1.69. The van der Waals surface area contributed by atoms with E-state index in [0.29, 0.717) is 18.1 Å². The lowest BCUT2D eigenvalue weighted by Gasteiger charge is -2.11. The molecule has 2 nitrogen and oxygen atoms in total. The van der Waals surface area contributed by atoms with Crippen molar-refractivity contribution in [3.63, 3.8) is 0 Å². The van der Waals surface area contributed by atoms with Crippen molar-refractivity contribution in [2.45, 2.75) is 19.5 Å². The smallest absolute Gasteiger partial charge is 0.387 e. The molecule has 0 spiro atoms. The molecule has 1 aromatic heterocycles. The van der Waals surface area contributed by atoms with Gasteiger partial charge in [-0.2, -0.15) is 17.6 Å². The summed E-state index contributed by atoms with van der Waals surface area (Å²) in [5.74, 6) is -4.64. The summed E-state index contributed by atoms with van der Waals surface area (Å²) in [6, 6.07) is 5.79. The minimum absolute atomic E-state index is 0.325. The van der Waals surface area contributed by atoms with Gasteiger partial charge in [-0.3, -0.25) is 4.98 Å². The van der Waals surface area contributed by atoms with Gasteiger partial charge in [0, 0.05) is 18.7 Å². The predicted molar refractivity (Wildman–Crippen MR) is 65.8 cm³/mol. The SMILES string of the molecule is CC(F)(F)c1ccc(-c2ccc(F)c(OC(F)F)c2)cn1. The first-order valence-corrected chi connectivity index (χ1v) is 5.86. The number of rotatable bonds is 4. The van der Waals surface area contributed by atoms with E-state index < -0.39 is 29.8 Å². The van der Waals surface area contributed by atoms with Crippen LogP contribution in [0.4, 0.5) is 22.0 Å². The number of halogens is 5. The van der Waals surface area contributed by atoms with Gasteiger partial charge in [-0.25, -0.2) is 4.39 Å². The fraction of sp³-hybridized carbons (Fsp3) is 0.214. The van der Waals surface area contributed by atoms with Gasteiger partial charge < -0.3 is 4.74 Å². The first-order chi connectivity index (χ1) is 9.77. The Balaban J connectivity index is 2.34. The highest BCUT2D eigenvalue weighted by atomic mass is 19.3. The maximum atomic E-state index is 13.3. The molecule has 0 N–H and O–H groups in total. The van der Waals surface area contributed by atoms with Gasteiger partial charge in [0.05, 0.1) is 0 Å². The molecule has 0 saturated heterocycles. The number of aromatic nitrogens is 1. The number of benzene rings is 1. The van der Waals surface area contributed by atoms with Gasteiger partial charge in [0.25, 0.3) is 5.92 Å². The van der Waals surface area contributed by atoms with E-state index in [1.807, 2.05) is 0 Å². The second-order valence-corrected chi connectivity index (χ2v) is 4.34. The molecule has 1 aromatic carbocycles. The summed E-state index contributed by atoms with van der Waals surface area (Å²) in [7, 11) is 0. The highest BCUT2D eigenvalue weighted by molar-refractivity contribution is 5.64. The molecule has 112 valence electrons. The molecule has 0 bridgehead atoms. The molecule has 21 heavy (non-hydrogen) atoms. The van der Waals surface area contributed by atoms with Gasteiger partial charge >= 0.3 is 6.61 Å². The first kappa shape index (κ1) is 15.2. The average molecular weight is 303 g/mol. The number of hydrogen-bond acceptors (Lipinski definition) is 2. The van der Waals surface area contributed by atoms with Crippen molar-refractivity contribution in [1.29, 1.82) is 0 Å². The number of nitrogens with zero attached hydrogens (tertiary/aromatic N) is 1. The zero-order chi connectivity index (χ0) is 15.6. The quantitative estimate of drug-likeness (QED) is 0.770. The molecule has 7 heteroatoms. The standard InChI is InChI=1S/C14H10F5NO/c1-14(18,19)12-5-3-9(7-20-12)8-2-4-10(15)11(6-8)21-13(16)17/h2-7,13H,1H3. The van der Waals surface area contributed by atoms with Crippen LogP contribution in [0.25, 0.3) is 11.1 Å². The van der Waals surface area contributed by atoms with Gasteiger partial charge in [0.1, 0.15) is 5.69 Å². The molecule has 0 aliphatic carbocycles. The molecule has 0 aliphatic heterocycles. The average Bonchev–Trinajstić information content (AvgIpc) is 2.40. The van der Waals surface area contributed by atoms with E-state index in [2.05, 4.69) is 9.72 Å². The number of alkyl halides is 4. The van der Waals surface area contributed by atoms with E-state index in [9.17, 15) is 22.0 Å².